The van der Waals surface area contributed by atoms with Crippen molar-refractivity contribution in [3.63, 3.8) is 0 Å². The normalized spacial score (nSPS) is 20.1. The SMILES string of the molecule is COC(=O)c1occc1CN1CCC(C(=O)N2CCOCC2)CC1. The highest BCUT2D eigenvalue weighted by atomic mass is 16.5. The second-order valence-electron chi connectivity index (χ2n) is 6.25. The van der Waals surface area contributed by atoms with Crippen LogP contribution in [-0.2, 0) is 20.8 Å². The van der Waals surface area contributed by atoms with Crippen molar-refractivity contribution in [2.45, 2.75) is 19.4 Å². The molecule has 2 fully saturated rings. The molecule has 2 aliphatic heterocycles. The minimum absolute atomic E-state index is 0.101. The van der Waals surface area contributed by atoms with E-state index in [9.17, 15) is 9.59 Å². The first-order valence-corrected chi connectivity index (χ1v) is 8.42. The molecule has 132 valence electrons. The molecule has 0 bridgehead atoms. The number of nitrogens with zero attached hydrogens (tertiary/aromatic N) is 2. The summed E-state index contributed by atoms with van der Waals surface area (Å²) in [5.74, 6) is 0.177. The zero-order valence-electron chi connectivity index (χ0n) is 14.0. The second kappa shape index (κ2) is 7.81. The summed E-state index contributed by atoms with van der Waals surface area (Å²) in [4.78, 5) is 28.4. The van der Waals surface area contributed by atoms with Crippen molar-refractivity contribution in [2.24, 2.45) is 5.92 Å². The van der Waals surface area contributed by atoms with Crippen molar-refractivity contribution in [3.05, 3.63) is 23.7 Å². The zero-order valence-corrected chi connectivity index (χ0v) is 14.0. The van der Waals surface area contributed by atoms with Gasteiger partial charge in [0.2, 0.25) is 11.7 Å². The standard InChI is InChI=1S/C17H24N2O5/c1-22-17(21)15-14(4-9-24-15)12-18-5-2-13(3-6-18)16(20)19-7-10-23-11-8-19/h4,9,13H,2-3,5-8,10-12H2,1H3. The molecular weight excluding hydrogens is 312 g/mol. The van der Waals surface area contributed by atoms with Crippen molar-refractivity contribution in [3.8, 4) is 0 Å². The fourth-order valence-corrected chi connectivity index (χ4v) is 3.35. The fraction of sp³-hybridized carbons (Fsp3) is 0.647. The van der Waals surface area contributed by atoms with Gasteiger partial charge in [-0.3, -0.25) is 9.69 Å². The van der Waals surface area contributed by atoms with E-state index in [0.717, 1.165) is 31.5 Å². The van der Waals surface area contributed by atoms with Crippen molar-refractivity contribution < 1.29 is 23.5 Å². The van der Waals surface area contributed by atoms with E-state index in [4.69, 9.17) is 13.9 Å². The van der Waals surface area contributed by atoms with Crippen LogP contribution in [0.15, 0.2) is 16.7 Å². The number of esters is 1. The van der Waals surface area contributed by atoms with Gasteiger partial charge in [-0.2, -0.15) is 0 Å². The van der Waals surface area contributed by atoms with Crippen LogP contribution in [0.2, 0.25) is 0 Å². The molecule has 0 atom stereocenters. The molecule has 2 saturated heterocycles. The lowest BCUT2D eigenvalue weighted by Gasteiger charge is -2.35. The quantitative estimate of drug-likeness (QED) is 0.768. The molecule has 0 saturated carbocycles. The summed E-state index contributed by atoms with van der Waals surface area (Å²) in [5, 5.41) is 0. The number of hydrogen-bond acceptors (Lipinski definition) is 6. The van der Waals surface area contributed by atoms with Gasteiger partial charge in [0.1, 0.15) is 0 Å². The molecule has 7 heteroatoms. The number of furan rings is 1. The number of likely N-dealkylation sites (tertiary alicyclic amines) is 1. The Morgan fingerprint density at radius 3 is 2.58 bits per heavy atom. The molecule has 24 heavy (non-hydrogen) atoms. The van der Waals surface area contributed by atoms with Crippen LogP contribution in [0.3, 0.4) is 0 Å². The third-order valence-electron chi connectivity index (χ3n) is 4.77. The summed E-state index contributed by atoms with van der Waals surface area (Å²) in [5.41, 5.74) is 0.833. The third-order valence-corrected chi connectivity index (χ3v) is 4.77. The largest absolute Gasteiger partial charge is 0.463 e. The Hall–Kier alpha value is -1.86. The van der Waals surface area contributed by atoms with E-state index < -0.39 is 5.97 Å². The van der Waals surface area contributed by atoms with Crippen LogP contribution in [-0.4, -0.2) is 68.2 Å². The molecule has 0 N–H and O–H groups in total. The Balaban J connectivity index is 1.51. The van der Waals surface area contributed by atoms with Crippen LogP contribution in [0.1, 0.15) is 29.0 Å². The van der Waals surface area contributed by atoms with Crippen molar-refractivity contribution in [2.75, 3.05) is 46.5 Å². The van der Waals surface area contributed by atoms with Crippen molar-refractivity contribution in [1.82, 2.24) is 9.80 Å². The van der Waals surface area contributed by atoms with Gasteiger partial charge in [0.15, 0.2) is 0 Å². The van der Waals surface area contributed by atoms with E-state index >= 15 is 0 Å². The maximum atomic E-state index is 12.5. The number of hydrogen-bond donors (Lipinski definition) is 0. The van der Waals surface area contributed by atoms with Crippen LogP contribution in [0, 0.1) is 5.92 Å². The van der Waals surface area contributed by atoms with Gasteiger partial charge in [-0.1, -0.05) is 0 Å². The van der Waals surface area contributed by atoms with Gasteiger partial charge < -0.3 is 18.8 Å². The number of piperidine rings is 1. The maximum absolute atomic E-state index is 12.5. The summed E-state index contributed by atoms with van der Waals surface area (Å²) < 4.78 is 15.3. The zero-order chi connectivity index (χ0) is 16.9. The number of rotatable bonds is 4. The fourth-order valence-electron chi connectivity index (χ4n) is 3.35. The summed E-state index contributed by atoms with van der Waals surface area (Å²) in [6, 6.07) is 1.80. The van der Waals surface area contributed by atoms with Gasteiger partial charge in [-0.15, -0.1) is 0 Å². The maximum Gasteiger partial charge on any atom is 0.374 e. The first kappa shape index (κ1) is 17.0. The highest BCUT2D eigenvalue weighted by molar-refractivity contribution is 5.87. The number of carbonyl (C=O) groups is 2. The molecular formula is C17H24N2O5. The average molecular weight is 336 g/mol. The number of ether oxygens (including phenoxy) is 2. The minimum atomic E-state index is -0.451. The molecule has 1 amide bonds. The Morgan fingerprint density at radius 1 is 1.21 bits per heavy atom. The lowest BCUT2D eigenvalue weighted by Crippen LogP contribution is -2.46. The molecule has 0 aliphatic carbocycles. The van der Waals surface area contributed by atoms with Gasteiger partial charge in [0, 0.05) is 31.1 Å². The highest BCUT2D eigenvalue weighted by Gasteiger charge is 2.30. The van der Waals surface area contributed by atoms with Crippen LogP contribution in [0.5, 0.6) is 0 Å². The van der Waals surface area contributed by atoms with Gasteiger partial charge >= 0.3 is 5.97 Å². The molecule has 2 aliphatic rings. The summed E-state index contributed by atoms with van der Waals surface area (Å²) in [6.07, 6.45) is 3.21. The first-order valence-electron chi connectivity index (χ1n) is 8.42. The molecule has 0 radical (unpaired) electrons. The second-order valence-corrected chi connectivity index (χ2v) is 6.25. The van der Waals surface area contributed by atoms with Crippen molar-refractivity contribution in [1.29, 1.82) is 0 Å². The monoisotopic (exact) mass is 336 g/mol. The number of methoxy groups -OCH3 is 1. The Morgan fingerprint density at radius 2 is 1.92 bits per heavy atom. The number of amides is 1. The number of morpholine rings is 1. The van der Waals surface area contributed by atoms with Gasteiger partial charge in [0.25, 0.3) is 0 Å². The minimum Gasteiger partial charge on any atom is -0.463 e. The van der Waals surface area contributed by atoms with Gasteiger partial charge in [-0.05, 0) is 32.0 Å². The predicted octanol–water partition coefficient (Wildman–Crippen LogP) is 1.14. The third kappa shape index (κ3) is 3.79. The topological polar surface area (TPSA) is 72.2 Å². The molecule has 0 spiro atoms. The van der Waals surface area contributed by atoms with Crippen LogP contribution in [0.4, 0.5) is 0 Å². The van der Waals surface area contributed by atoms with Crippen LogP contribution >= 0.6 is 0 Å². The van der Waals surface area contributed by atoms with Crippen molar-refractivity contribution >= 4 is 11.9 Å². The molecule has 1 aromatic rings. The Bertz CT molecular complexity index is 571. The van der Waals surface area contributed by atoms with E-state index in [0.29, 0.717) is 32.8 Å². The molecule has 0 unspecified atom stereocenters. The van der Waals surface area contributed by atoms with E-state index in [2.05, 4.69) is 4.90 Å². The van der Waals surface area contributed by atoms with Crippen LogP contribution in [0.25, 0.3) is 0 Å². The van der Waals surface area contributed by atoms with E-state index in [1.54, 1.807) is 6.07 Å². The predicted molar refractivity (Wildman–Crippen MR) is 85.4 cm³/mol. The highest BCUT2D eigenvalue weighted by Crippen LogP contribution is 2.23. The Kier molecular flexibility index (Phi) is 5.52. The lowest BCUT2D eigenvalue weighted by atomic mass is 9.94. The molecule has 1 aromatic heterocycles. The smallest absolute Gasteiger partial charge is 0.374 e. The first-order chi connectivity index (χ1) is 11.7. The molecule has 7 nitrogen and oxygen atoms in total. The van der Waals surface area contributed by atoms with Gasteiger partial charge in [0.05, 0.1) is 26.6 Å². The van der Waals surface area contributed by atoms with E-state index in [1.807, 2.05) is 4.90 Å². The summed E-state index contributed by atoms with van der Waals surface area (Å²) >= 11 is 0. The van der Waals surface area contributed by atoms with E-state index in [-0.39, 0.29) is 17.6 Å². The van der Waals surface area contributed by atoms with E-state index in [1.165, 1.54) is 13.4 Å². The average Bonchev–Trinajstić information content (AvgIpc) is 3.10. The number of carbonyl (C=O) groups excluding carboxylic acids is 2. The van der Waals surface area contributed by atoms with Crippen LogP contribution < -0.4 is 0 Å². The molecule has 3 heterocycles. The molecule has 3 rings (SSSR count). The van der Waals surface area contributed by atoms with Gasteiger partial charge in [-0.25, -0.2) is 4.79 Å². The summed E-state index contributed by atoms with van der Waals surface area (Å²) in [6.45, 7) is 5.01. The Labute approximate surface area is 141 Å². The lowest BCUT2D eigenvalue weighted by molar-refractivity contribution is -0.141. The summed E-state index contributed by atoms with van der Waals surface area (Å²) in [7, 11) is 1.34. The molecule has 0 aromatic carbocycles.